The number of ketones is 1. The summed E-state index contributed by atoms with van der Waals surface area (Å²) in [6.07, 6.45) is 4.58. The van der Waals surface area contributed by atoms with Crippen molar-refractivity contribution in [2.45, 2.75) is 50.3 Å². The molecule has 1 aromatic carbocycles. The summed E-state index contributed by atoms with van der Waals surface area (Å²) in [7, 11) is 0. The van der Waals surface area contributed by atoms with Gasteiger partial charge in [-0.15, -0.1) is 11.8 Å². The van der Waals surface area contributed by atoms with Crippen molar-refractivity contribution >= 4 is 23.5 Å². The van der Waals surface area contributed by atoms with Crippen molar-refractivity contribution in [3.8, 4) is 0 Å². The molecule has 1 aliphatic carbocycles. The Hall–Kier alpha value is -1.33. The predicted molar refractivity (Wildman–Crippen MR) is 103 cm³/mol. The van der Waals surface area contributed by atoms with Gasteiger partial charge in [0.25, 0.3) is 0 Å². The summed E-state index contributed by atoms with van der Waals surface area (Å²) in [6.45, 7) is 5.08. The molecular formula is C21H28O4S. The third-order valence-electron chi connectivity index (χ3n) is 5.50. The minimum atomic E-state index is -0.344. The van der Waals surface area contributed by atoms with E-state index in [9.17, 15) is 9.59 Å². The highest BCUT2D eigenvalue weighted by Crippen LogP contribution is 2.42. The van der Waals surface area contributed by atoms with Crippen molar-refractivity contribution < 1.29 is 19.1 Å². The molecule has 0 spiro atoms. The number of ether oxygens (including phenoxy) is 2. The fraction of sp³-hybridized carbons (Fsp3) is 0.619. The van der Waals surface area contributed by atoms with Gasteiger partial charge < -0.3 is 9.47 Å². The number of carbonyl (C=O) groups is 2. The van der Waals surface area contributed by atoms with E-state index in [0.717, 1.165) is 41.0 Å². The summed E-state index contributed by atoms with van der Waals surface area (Å²) in [5, 5.41) is 0. The van der Waals surface area contributed by atoms with E-state index in [4.69, 9.17) is 9.47 Å². The van der Waals surface area contributed by atoms with E-state index in [2.05, 4.69) is 0 Å². The van der Waals surface area contributed by atoms with Crippen LogP contribution in [-0.4, -0.2) is 37.3 Å². The number of thioether (sulfide) groups is 1. The standard InChI is InChI=1S/C21H28O4S/c1-3-24-10-11-25-21(23)14(2)15-8-9-18-19(12-15)26-13-16-6-4-5-7-17(16)20(18)22/h8-9,12,14,16-17H,3-7,10-11,13H2,1-2H3/t14?,16-,17+/m1/s1. The Morgan fingerprint density at radius 1 is 1.27 bits per heavy atom. The third kappa shape index (κ3) is 4.32. The lowest BCUT2D eigenvalue weighted by Crippen LogP contribution is -2.27. The van der Waals surface area contributed by atoms with Crippen molar-refractivity contribution in [1.29, 1.82) is 0 Å². The van der Waals surface area contributed by atoms with Crippen LogP contribution in [0.3, 0.4) is 0 Å². The smallest absolute Gasteiger partial charge is 0.313 e. The molecule has 142 valence electrons. The van der Waals surface area contributed by atoms with Crippen molar-refractivity contribution in [3.63, 3.8) is 0 Å². The van der Waals surface area contributed by atoms with Crippen LogP contribution in [0.25, 0.3) is 0 Å². The number of hydrogen-bond acceptors (Lipinski definition) is 5. The van der Waals surface area contributed by atoms with Gasteiger partial charge >= 0.3 is 5.97 Å². The van der Waals surface area contributed by atoms with Crippen molar-refractivity contribution in [1.82, 2.24) is 0 Å². The molecule has 0 bridgehead atoms. The van der Waals surface area contributed by atoms with Crippen molar-refractivity contribution in [2.24, 2.45) is 11.8 Å². The monoisotopic (exact) mass is 376 g/mol. The number of Topliss-reactive ketones (excluding diaryl/α,β-unsaturated/α-hetero) is 1. The Morgan fingerprint density at radius 2 is 2.08 bits per heavy atom. The molecule has 1 saturated carbocycles. The maximum absolute atomic E-state index is 13.0. The molecule has 1 aromatic rings. The average Bonchev–Trinajstić information content (AvgIpc) is 2.81. The fourth-order valence-corrected chi connectivity index (χ4v) is 5.22. The molecule has 3 atom stereocenters. The van der Waals surface area contributed by atoms with Gasteiger partial charge in [-0.25, -0.2) is 0 Å². The van der Waals surface area contributed by atoms with Gasteiger partial charge in [0.1, 0.15) is 6.61 Å². The molecule has 0 aromatic heterocycles. The van der Waals surface area contributed by atoms with E-state index in [1.165, 1.54) is 6.42 Å². The van der Waals surface area contributed by atoms with Crippen molar-refractivity contribution in [3.05, 3.63) is 29.3 Å². The van der Waals surface area contributed by atoms with Gasteiger partial charge in [0.05, 0.1) is 12.5 Å². The number of hydrogen-bond donors (Lipinski definition) is 0. The van der Waals surface area contributed by atoms with Gasteiger partial charge in [0.15, 0.2) is 5.78 Å². The first-order valence-corrected chi connectivity index (χ1v) is 10.7. The molecule has 0 amide bonds. The number of benzene rings is 1. The molecule has 2 aliphatic rings. The molecule has 26 heavy (non-hydrogen) atoms. The molecule has 1 fully saturated rings. The first kappa shape index (κ1) is 19.4. The van der Waals surface area contributed by atoms with E-state index >= 15 is 0 Å². The Bertz CT molecular complexity index is 657. The quantitative estimate of drug-likeness (QED) is 0.542. The molecule has 0 N–H and O–H groups in total. The maximum atomic E-state index is 13.0. The lowest BCUT2D eigenvalue weighted by molar-refractivity contribution is -0.146. The largest absolute Gasteiger partial charge is 0.463 e. The Labute approximate surface area is 160 Å². The minimum Gasteiger partial charge on any atom is -0.463 e. The van der Waals surface area contributed by atoms with Gasteiger partial charge in [-0.2, -0.15) is 0 Å². The zero-order chi connectivity index (χ0) is 18.5. The second-order valence-electron chi connectivity index (χ2n) is 7.17. The van der Waals surface area contributed by atoms with Gasteiger partial charge in [-0.05, 0) is 50.3 Å². The fourth-order valence-electron chi connectivity index (χ4n) is 3.89. The summed E-state index contributed by atoms with van der Waals surface area (Å²) < 4.78 is 10.5. The zero-order valence-electron chi connectivity index (χ0n) is 15.7. The summed E-state index contributed by atoms with van der Waals surface area (Å²) in [5.41, 5.74) is 1.75. The molecule has 1 aliphatic heterocycles. The highest BCUT2D eigenvalue weighted by Gasteiger charge is 2.35. The lowest BCUT2D eigenvalue weighted by atomic mass is 9.76. The summed E-state index contributed by atoms with van der Waals surface area (Å²) >= 11 is 1.77. The van der Waals surface area contributed by atoms with E-state index in [0.29, 0.717) is 24.9 Å². The highest BCUT2D eigenvalue weighted by molar-refractivity contribution is 7.99. The van der Waals surface area contributed by atoms with Crippen LogP contribution in [0.4, 0.5) is 0 Å². The van der Waals surface area contributed by atoms with Crippen LogP contribution in [0, 0.1) is 11.8 Å². The number of carbonyl (C=O) groups excluding carboxylic acids is 2. The first-order valence-electron chi connectivity index (χ1n) is 9.67. The molecule has 5 heteroatoms. The maximum Gasteiger partial charge on any atom is 0.313 e. The van der Waals surface area contributed by atoms with Crippen LogP contribution in [-0.2, 0) is 14.3 Å². The molecule has 0 radical (unpaired) electrons. The van der Waals surface area contributed by atoms with E-state index < -0.39 is 0 Å². The lowest BCUT2D eigenvalue weighted by Gasteiger charge is -2.28. The van der Waals surface area contributed by atoms with Crippen LogP contribution in [0.5, 0.6) is 0 Å². The van der Waals surface area contributed by atoms with Crippen LogP contribution in [0.2, 0.25) is 0 Å². The number of esters is 1. The normalized spacial score (nSPS) is 23.5. The van der Waals surface area contributed by atoms with Gasteiger partial charge in [0.2, 0.25) is 0 Å². The van der Waals surface area contributed by atoms with Gasteiger partial charge in [-0.1, -0.05) is 18.9 Å². The molecule has 4 nitrogen and oxygen atoms in total. The van der Waals surface area contributed by atoms with Gasteiger partial charge in [0, 0.05) is 28.7 Å². The number of rotatable bonds is 6. The summed E-state index contributed by atoms with van der Waals surface area (Å²) in [5.74, 6) is 1.39. The van der Waals surface area contributed by atoms with E-state index in [1.54, 1.807) is 11.8 Å². The van der Waals surface area contributed by atoms with E-state index in [-0.39, 0.29) is 24.4 Å². The van der Waals surface area contributed by atoms with Crippen LogP contribution in [0.15, 0.2) is 23.1 Å². The minimum absolute atomic E-state index is 0.185. The average molecular weight is 377 g/mol. The molecular weight excluding hydrogens is 348 g/mol. The second-order valence-corrected chi connectivity index (χ2v) is 8.23. The summed E-state index contributed by atoms with van der Waals surface area (Å²) in [4.78, 5) is 26.3. The number of fused-ring (bicyclic) bond motifs is 2. The SMILES string of the molecule is CCOCCOC(=O)C(C)c1ccc2c(c1)SC[C@H]1CCCC[C@@H]1C2=O. The third-order valence-corrected chi connectivity index (χ3v) is 6.74. The Kier molecular flexibility index (Phi) is 6.76. The van der Waals surface area contributed by atoms with Crippen LogP contribution >= 0.6 is 11.8 Å². The first-order chi connectivity index (χ1) is 12.6. The predicted octanol–water partition coefficient (Wildman–Crippen LogP) is 4.46. The summed E-state index contributed by atoms with van der Waals surface area (Å²) in [6, 6.07) is 5.85. The molecule has 1 unspecified atom stereocenters. The zero-order valence-corrected chi connectivity index (χ0v) is 16.5. The van der Waals surface area contributed by atoms with Crippen LogP contribution in [0.1, 0.15) is 61.4 Å². The highest BCUT2D eigenvalue weighted by atomic mass is 32.2. The Morgan fingerprint density at radius 3 is 2.88 bits per heavy atom. The van der Waals surface area contributed by atoms with Crippen molar-refractivity contribution in [2.75, 3.05) is 25.6 Å². The molecule has 1 heterocycles. The van der Waals surface area contributed by atoms with E-state index in [1.807, 2.05) is 32.0 Å². The molecule has 3 rings (SSSR count). The van der Waals surface area contributed by atoms with Gasteiger partial charge in [-0.3, -0.25) is 9.59 Å². The topological polar surface area (TPSA) is 52.6 Å². The van der Waals surface area contributed by atoms with Crippen LogP contribution < -0.4 is 0 Å². The second kappa shape index (κ2) is 9.05. The Balaban J connectivity index is 1.71. The molecule has 0 saturated heterocycles.